The molecule has 0 aliphatic heterocycles. The highest BCUT2D eigenvalue weighted by atomic mass is 31.0. The van der Waals surface area contributed by atoms with Crippen molar-refractivity contribution in [2.45, 2.75) is 19.8 Å². The molecule has 0 amide bonds. The standard InChI is InChI=1S/C4H11OP.H2/c1-2-3-4-5-6;/h2-4,6H2,1H3;1H/i;1+2. The minimum absolute atomic E-state index is 0. The van der Waals surface area contributed by atoms with Crippen LogP contribution in [-0.2, 0) is 4.52 Å². The van der Waals surface area contributed by atoms with Gasteiger partial charge in [0.25, 0.3) is 0 Å². The van der Waals surface area contributed by atoms with E-state index in [-0.39, 0.29) is 1.43 Å². The minimum atomic E-state index is 0. The van der Waals surface area contributed by atoms with E-state index >= 15 is 0 Å². The average molecular weight is 110 g/mol. The van der Waals surface area contributed by atoms with Gasteiger partial charge < -0.3 is 4.52 Å². The van der Waals surface area contributed by atoms with Crippen LogP contribution in [0.25, 0.3) is 0 Å². The zero-order chi connectivity index (χ0) is 4.83. The van der Waals surface area contributed by atoms with E-state index in [4.69, 9.17) is 4.52 Å². The van der Waals surface area contributed by atoms with Crippen molar-refractivity contribution in [3.63, 3.8) is 0 Å². The summed E-state index contributed by atoms with van der Waals surface area (Å²) in [6.45, 7) is 3.02. The number of hydrogen-bond acceptors (Lipinski definition) is 1. The van der Waals surface area contributed by atoms with Crippen LogP contribution in [-0.4, -0.2) is 6.61 Å². The van der Waals surface area contributed by atoms with Crippen molar-refractivity contribution in [2.75, 3.05) is 6.61 Å². The molecule has 6 heavy (non-hydrogen) atoms. The summed E-state index contributed by atoms with van der Waals surface area (Å²) in [6.07, 6.45) is 2.39. The van der Waals surface area contributed by atoms with Crippen molar-refractivity contribution < 1.29 is 5.95 Å². The summed E-state index contributed by atoms with van der Waals surface area (Å²) in [6, 6.07) is 0. The molecule has 0 fully saturated rings. The molecule has 1 atom stereocenters. The third-order valence-electron chi connectivity index (χ3n) is 0.616. The second-order valence-electron chi connectivity index (χ2n) is 1.22. The van der Waals surface area contributed by atoms with Crippen LogP contribution >= 0.6 is 9.47 Å². The lowest BCUT2D eigenvalue weighted by Gasteiger charge is -1.89. The highest BCUT2D eigenvalue weighted by Gasteiger charge is 1.74. The maximum Gasteiger partial charge on any atom is 0.0501 e. The van der Waals surface area contributed by atoms with Gasteiger partial charge in [0.15, 0.2) is 0 Å². The molecule has 0 radical (unpaired) electrons. The smallest absolute Gasteiger partial charge is 0.0501 e. The summed E-state index contributed by atoms with van der Waals surface area (Å²) in [7, 11) is 2.23. The molecule has 0 saturated heterocycles. The zero-order valence-corrected chi connectivity index (χ0v) is 5.26. The Hall–Kier alpha value is 0.390. The number of hydrogen-bond donors (Lipinski definition) is 0. The third kappa shape index (κ3) is 4.39. The fourth-order valence-electron chi connectivity index (χ4n) is 0.228. The van der Waals surface area contributed by atoms with Crippen molar-refractivity contribution >= 4 is 9.47 Å². The molecule has 0 N–H and O–H groups in total. The largest absolute Gasteiger partial charge is 0.366 e. The summed E-state index contributed by atoms with van der Waals surface area (Å²) < 4.78 is 4.70. The van der Waals surface area contributed by atoms with E-state index in [1.165, 1.54) is 12.8 Å². The van der Waals surface area contributed by atoms with Gasteiger partial charge in [-0.05, 0) is 6.42 Å². The van der Waals surface area contributed by atoms with Crippen molar-refractivity contribution in [1.82, 2.24) is 0 Å². The van der Waals surface area contributed by atoms with Crippen LogP contribution in [0.5, 0.6) is 0 Å². The summed E-state index contributed by atoms with van der Waals surface area (Å²) >= 11 is 0. The number of rotatable bonds is 3. The molecule has 0 aromatic carbocycles. The molecular formula is C4H13OP. The summed E-state index contributed by atoms with van der Waals surface area (Å²) in [5.41, 5.74) is 0. The molecule has 0 saturated carbocycles. The van der Waals surface area contributed by atoms with Gasteiger partial charge in [0.1, 0.15) is 0 Å². The van der Waals surface area contributed by atoms with Gasteiger partial charge in [-0.1, -0.05) is 13.3 Å². The second-order valence-corrected chi connectivity index (χ2v) is 1.56. The summed E-state index contributed by atoms with van der Waals surface area (Å²) in [5.74, 6) is 0. The Bertz CT molecular complexity index is 23.7. The maximum atomic E-state index is 4.70. The highest BCUT2D eigenvalue weighted by molar-refractivity contribution is 7.09. The Labute approximate surface area is 42.8 Å². The molecule has 0 bridgehead atoms. The summed E-state index contributed by atoms with van der Waals surface area (Å²) in [4.78, 5) is 0. The zero-order valence-electron chi connectivity index (χ0n) is 4.11. The summed E-state index contributed by atoms with van der Waals surface area (Å²) in [5, 5.41) is 0. The van der Waals surface area contributed by atoms with Gasteiger partial charge in [-0.25, -0.2) is 0 Å². The Kier molecular flexibility index (Phi) is 5.74. The molecule has 1 unspecified atom stereocenters. The first-order valence-electron chi connectivity index (χ1n) is 2.23. The second kappa shape index (κ2) is 5.39. The lowest BCUT2D eigenvalue weighted by molar-refractivity contribution is 0.360. The van der Waals surface area contributed by atoms with Crippen molar-refractivity contribution in [1.29, 1.82) is 0 Å². The molecule has 40 valence electrons. The topological polar surface area (TPSA) is 9.23 Å². The average Bonchev–Trinajstić information content (AvgIpc) is 1.61. The predicted molar refractivity (Wildman–Crippen MR) is 32.7 cm³/mol. The van der Waals surface area contributed by atoms with Crippen LogP contribution < -0.4 is 0 Å². The molecule has 2 heteroatoms. The van der Waals surface area contributed by atoms with Gasteiger partial charge in [-0.2, -0.15) is 0 Å². The molecule has 0 rings (SSSR count). The van der Waals surface area contributed by atoms with Crippen molar-refractivity contribution in [3.05, 3.63) is 0 Å². The first kappa shape index (κ1) is 6.39. The van der Waals surface area contributed by atoms with Crippen LogP contribution in [0.15, 0.2) is 0 Å². The first-order valence-corrected chi connectivity index (χ1v) is 2.70. The molecule has 0 aromatic rings. The van der Waals surface area contributed by atoms with E-state index in [1.807, 2.05) is 0 Å². The molecule has 0 aliphatic carbocycles. The maximum absolute atomic E-state index is 4.70. The van der Waals surface area contributed by atoms with E-state index < -0.39 is 0 Å². The Balaban J connectivity index is 0. The van der Waals surface area contributed by atoms with Gasteiger partial charge in [0, 0.05) is 10.9 Å². The van der Waals surface area contributed by atoms with Crippen LogP contribution in [0, 0.1) is 0 Å². The SMILES string of the molecule is CCCCOP.[3HH]. The fraction of sp³-hybridized carbons (Fsp3) is 1.00. The van der Waals surface area contributed by atoms with Gasteiger partial charge in [0.2, 0.25) is 0 Å². The highest BCUT2D eigenvalue weighted by Crippen LogP contribution is 1.90. The normalized spacial score (nSPS) is 9.00. The van der Waals surface area contributed by atoms with Gasteiger partial charge in [-0.3, -0.25) is 0 Å². The monoisotopic (exact) mass is 110 g/mol. The quantitative estimate of drug-likeness (QED) is 0.398. The van der Waals surface area contributed by atoms with E-state index in [0.717, 1.165) is 6.61 Å². The van der Waals surface area contributed by atoms with Gasteiger partial charge in [-0.15, -0.1) is 0 Å². The molecular weight excluding hydrogens is 95.0 g/mol. The van der Waals surface area contributed by atoms with Crippen molar-refractivity contribution in [3.8, 4) is 0 Å². The molecule has 1 nitrogen and oxygen atoms in total. The molecule has 0 heterocycles. The predicted octanol–water partition coefficient (Wildman–Crippen LogP) is 1.84. The Morgan fingerprint density at radius 2 is 2.50 bits per heavy atom. The van der Waals surface area contributed by atoms with Crippen LogP contribution in [0.1, 0.15) is 21.2 Å². The van der Waals surface area contributed by atoms with Gasteiger partial charge >= 0.3 is 0 Å². The Morgan fingerprint density at radius 3 is 2.67 bits per heavy atom. The van der Waals surface area contributed by atoms with Crippen LogP contribution in [0.2, 0.25) is 0 Å². The van der Waals surface area contributed by atoms with E-state index in [9.17, 15) is 0 Å². The van der Waals surface area contributed by atoms with Gasteiger partial charge in [0.05, 0.1) is 6.61 Å². The third-order valence-corrected chi connectivity index (χ3v) is 0.851. The van der Waals surface area contributed by atoms with E-state index in [0.29, 0.717) is 0 Å². The minimum Gasteiger partial charge on any atom is -0.366 e. The molecule has 0 aromatic heterocycles. The van der Waals surface area contributed by atoms with Crippen molar-refractivity contribution in [2.24, 2.45) is 0 Å². The lowest BCUT2D eigenvalue weighted by atomic mass is 10.4. The molecule has 0 aliphatic rings. The molecule has 0 spiro atoms. The van der Waals surface area contributed by atoms with Crippen LogP contribution in [0.4, 0.5) is 0 Å². The lowest BCUT2D eigenvalue weighted by Crippen LogP contribution is -1.78. The first-order chi connectivity index (χ1) is 2.91. The van der Waals surface area contributed by atoms with Crippen LogP contribution in [0.3, 0.4) is 0 Å². The van der Waals surface area contributed by atoms with E-state index in [2.05, 4.69) is 16.4 Å². The fourth-order valence-corrected chi connectivity index (χ4v) is 0.394. The van der Waals surface area contributed by atoms with E-state index in [1.54, 1.807) is 0 Å². The number of unbranched alkanes of at least 4 members (excludes halogenated alkanes) is 1. The Morgan fingerprint density at radius 1 is 1.83 bits per heavy atom.